The number of halogens is 1. The van der Waals surface area contributed by atoms with E-state index in [9.17, 15) is 4.79 Å². The first-order valence-electron chi connectivity index (χ1n) is 11.6. The van der Waals surface area contributed by atoms with Crippen LogP contribution in [-0.4, -0.2) is 18.7 Å². The molecule has 0 bridgehead atoms. The molecule has 0 radical (unpaired) electrons. The number of fused-ring (bicyclic) bond motifs is 1. The minimum absolute atomic E-state index is 0.135. The van der Waals surface area contributed by atoms with Gasteiger partial charge in [0.1, 0.15) is 6.61 Å². The SMILES string of the molecule is CCOc1cc(/C=N\NC(=O)CCc2ccccc2)cc(Br)c1OCc1cccc2ccccc12. The van der Waals surface area contributed by atoms with Crippen molar-refractivity contribution in [3.8, 4) is 11.5 Å². The van der Waals surface area contributed by atoms with E-state index in [-0.39, 0.29) is 5.91 Å². The minimum Gasteiger partial charge on any atom is -0.490 e. The second kappa shape index (κ2) is 12.2. The molecular formula is C29H27BrN2O3. The number of ether oxygens (including phenoxy) is 2. The zero-order valence-electron chi connectivity index (χ0n) is 19.5. The topological polar surface area (TPSA) is 59.9 Å². The van der Waals surface area contributed by atoms with E-state index in [1.165, 1.54) is 5.39 Å². The monoisotopic (exact) mass is 530 g/mol. The van der Waals surface area contributed by atoms with Crippen molar-refractivity contribution in [2.75, 3.05) is 6.61 Å². The molecule has 0 aliphatic carbocycles. The van der Waals surface area contributed by atoms with Gasteiger partial charge >= 0.3 is 0 Å². The maximum atomic E-state index is 12.1. The summed E-state index contributed by atoms with van der Waals surface area (Å²) >= 11 is 3.61. The summed E-state index contributed by atoms with van der Waals surface area (Å²) in [6, 6.07) is 28.1. The van der Waals surface area contributed by atoms with Gasteiger partial charge in [0, 0.05) is 6.42 Å². The van der Waals surface area contributed by atoms with Crippen LogP contribution in [0.15, 0.2) is 94.5 Å². The highest BCUT2D eigenvalue weighted by molar-refractivity contribution is 9.10. The van der Waals surface area contributed by atoms with Gasteiger partial charge < -0.3 is 9.47 Å². The molecule has 4 rings (SSSR count). The van der Waals surface area contributed by atoms with Crippen LogP contribution >= 0.6 is 15.9 Å². The van der Waals surface area contributed by atoms with E-state index in [2.05, 4.69) is 50.7 Å². The lowest BCUT2D eigenvalue weighted by molar-refractivity contribution is -0.121. The molecule has 0 fully saturated rings. The van der Waals surface area contributed by atoms with Gasteiger partial charge in [0.2, 0.25) is 5.91 Å². The van der Waals surface area contributed by atoms with Crippen LogP contribution in [0.4, 0.5) is 0 Å². The van der Waals surface area contributed by atoms with Gasteiger partial charge in [-0.1, -0.05) is 72.8 Å². The quantitative estimate of drug-likeness (QED) is 0.184. The molecule has 178 valence electrons. The van der Waals surface area contributed by atoms with Crippen LogP contribution in [0, 0.1) is 0 Å². The van der Waals surface area contributed by atoms with Crippen LogP contribution in [0.25, 0.3) is 10.8 Å². The molecule has 0 saturated heterocycles. The number of benzene rings is 4. The van der Waals surface area contributed by atoms with Gasteiger partial charge in [-0.05, 0) is 68.9 Å². The number of hydrogen-bond acceptors (Lipinski definition) is 4. The number of rotatable bonds is 10. The van der Waals surface area contributed by atoms with Gasteiger partial charge in [-0.3, -0.25) is 4.79 Å². The third-order valence-corrected chi connectivity index (χ3v) is 6.06. The standard InChI is InChI=1S/C29H27BrN2O3/c1-2-34-27-18-22(19-31-32-28(33)16-15-21-9-4-3-5-10-21)17-26(30)29(27)35-20-24-13-8-12-23-11-6-7-14-25(23)24/h3-14,17-19H,2,15-16,20H2,1H3,(H,32,33)/b31-19-. The smallest absolute Gasteiger partial charge is 0.240 e. The Morgan fingerprint density at radius 3 is 2.57 bits per heavy atom. The molecule has 35 heavy (non-hydrogen) atoms. The molecule has 0 saturated carbocycles. The number of hydrazone groups is 1. The van der Waals surface area contributed by atoms with Crippen molar-refractivity contribution in [2.24, 2.45) is 5.10 Å². The molecule has 1 amide bonds. The Balaban J connectivity index is 1.42. The fourth-order valence-corrected chi connectivity index (χ4v) is 4.35. The van der Waals surface area contributed by atoms with Crippen molar-refractivity contribution in [1.82, 2.24) is 5.43 Å². The lowest BCUT2D eigenvalue weighted by atomic mass is 10.1. The van der Waals surface area contributed by atoms with Gasteiger partial charge in [-0.2, -0.15) is 5.10 Å². The van der Waals surface area contributed by atoms with Crippen molar-refractivity contribution >= 4 is 38.8 Å². The molecule has 0 aromatic heterocycles. The molecule has 4 aromatic carbocycles. The summed E-state index contributed by atoms with van der Waals surface area (Å²) in [5.74, 6) is 1.10. The van der Waals surface area contributed by atoms with Crippen molar-refractivity contribution in [2.45, 2.75) is 26.4 Å². The number of carbonyl (C=O) groups is 1. The Hall–Kier alpha value is -3.64. The number of carbonyl (C=O) groups excluding carboxylic acids is 1. The number of hydrogen-bond donors (Lipinski definition) is 1. The molecule has 4 aromatic rings. The van der Waals surface area contributed by atoms with Crippen LogP contribution in [0.3, 0.4) is 0 Å². The Bertz CT molecular complexity index is 1320. The summed E-state index contributed by atoms with van der Waals surface area (Å²) in [7, 11) is 0. The zero-order valence-corrected chi connectivity index (χ0v) is 21.1. The van der Waals surface area contributed by atoms with E-state index in [0.717, 1.165) is 26.5 Å². The maximum Gasteiger partial charge on any atom is 0.240 e. The average Bonchev–Trinajstić information content (AvgIpc) is 2.88. The predicted molar refractivity (Wildman–Crippen MR) is 144 cm³/mol. The number of aryl methyl sites for hydroxylation is 1. The highest BCUT2D eigenvalue weighted by Crippen LogP contribution is 2.37. The number of nitrogens with one attached hydrogen (secondary N) is 1. The molecular weight excluding hydrogens is 504 g/mol. The third-order valence-electron chi connectivity index (χ3n) is 5.47. The molecule has 1 N–H and O–H groups in total. The molecule has 0 spiro atoms. The fourth-order valence-electron chi connectivity index (χ4n) is 3.77. The van der Waals surface area contributed by atoms with Gasteiger partial charge in [0.05, 0.1) is 17.3 Å². The highest BCUT2D eigenvalue weighted by Gasteiger charge is 2.13. The van der Waals surface area contributed by atoms with Crippen molar-refractivity contribution in [1.29, 1.82) is 0 Å². The summed E-state index contributed by atoms with van der Waals surface area (Å²) in [5.41, 5.74) is 5.59. The van der Waals surface area contributed by atoms with Crippen molar-refractivity contribution in [3.05, 3.63) is 106 Å². The third kappa shape index (κ3) is 6.70. The fraction of sp³-hybridized carbons (Fsp3) is 0.172. The van der Waals surface area contributed by atoms with Crippen LogP contribution in [0.2, 0.25) is 0 Å². The van der Waals surface area contributed by atoms with Gasteiger partial charge in [0.25, 0.3) is 0 Å². The summed E-state index contributed by atoms with van der Waals surface area (Å²) < 4.78 is 12.8. The average molecular weight is 531 g/mol. The Labute approximate surface area is 213 Å². The van der Waals surface area contributed by atoms with E-state index in [4.69, 9.17) is 9.47 Å². The van der Waals surface area contributed by atoms with E-state index < -0.39 is 0 Å². The lowest BCUT2D eigenvalue weighted by Crippen LogP contribution is -2.17. The van der Waals surface area contributed by atoms with Crippen LogP contribution in [0.1, 0.15) is 30.0 Å². The minimum atomic E-state index is -0.135. The van der Waals surface area contributed by atoms with Crippen molar-refractivity contribution in [3.63, 3.8) is 0 Å². The van der Waals surface area contributed by atoms with Crippen LogP contribution in [0.5, 0.6) is 11.5 Å². The second-order valence-corrected chi connectivity index (χ2v) is 8.82. The number of nitrogens with zero attached hydrogens (tertiary/aromatic N) is 1. The van der Waals surface area contributed by atoms with E-state index >= 15 is 0 Å². The van der Waals surface area contributed by atoms with E-state index in [1.807, 2.05) is 67.6 Å². The number of amides is 1. The van der Waals surface area contributed by atoms with Gasteiger partial charge in [0.15, 0.2) is 11.5 Å². The maximum absolute atomic E-state index is 12.1. The highest BCUT2D eigenvalue weighted by atomic mass is 79.9. The van der Waals surface area contributed by atoms with Crippen molar-refractivity contribution < 1.29 is 14.3 Å². The Morgan fingerprint density at radius 1 is 0.971 bits per heavy atom. The Morgan fingerprint density at radius 2 is 1.74 bits per heavy atom. The predicted octanol–water partition coefficient (Wildman–Crippen LogP) is 6.66. The second-order valence-electron chi connectivity index (χ2n) is 7.97. The van der Waals surface area contributed by atoms with Crippen LogP contribution in [-0.2, 0) is 17.8 Å². The molecule has 0 aliphatic heterocycles. The molecule has 5 nitrogen and oxygen atoms in total. The van der Waals surface area contributed by atoms with E-state index in [1.54, 1.807) is 6.21 Å². The van der Waals surface area contributed by atoms with Gasteiger partial charge in [-0.25, -0.2) is 5.43 Å². The first-order chi connectivity index (χ1) is 17.1. The first kappa shape index (κ1) is 24.5. The molecule has 0 aliphatic rings. The molecule has 0 heterocycles. The first-order valence-corrected chi connectivity index (χ1v) is 12.3. The molecule has 0 unspecified atom stereocenters. The van der Waals surface area contributed by atoms with E-state index in [0.29, 0.717) is 37.6 Å². The lowest BCUT2D eigenvalue weighted by Gasteiger charge is -2.15. The molecule has 0 atom stereocenters. The normalized spacial score (nSPS) is 11.0. The molecule has 6 heteroatoms. The van der Waals surface area contributed by atoms with Crippen LogP contribution < -0.4 is 14.9 Å². The zero-order chi connectivity index (χ0) is 24.5. The summed E-state index contributed by atoms with van der Waals surface area (Å²) in [6.07, 6.45) is 2.64. The van der Waals surface area contributed by atoms with Gasteiger partial charge in [-0.15, -0.1) is 0 Å². The summed E-state index contributed by atoms with van der Waals surface area (Å²) in [6.45, 7) is 2.83. The Kier molecular flexibility index (Phi) is 8.52. The summed E-state index contributed by atoms with van der Waals surface area (Å²) in [5, 5.41) is 6.45. The summed E-state index contributed by atoms with van der Waals surface area (Å²) in [4.78, 5) is 12.1. The largest absolute Gasteiger partial charge is 0.490 e.